The fourth-order valence-corrected chi connectivity index (χ4v) is 3.76. The molecule has 2 N–H and O–H groups in total. The van der Waals surface area contributed by atoms with Crippen LogP contribution in [0.4, 0.5) is 0 Å². The number of rotatable bonds is 4. The average Bonchev–Trinajstić information content (AvgIpc) is 2.41. The Kier molecular flexibility index (Phi) is 5.65. The predicted molar refractivity (Wildman–Crippen MR) is 92.4 cm³/mol. The molecule has 0 bridgehead atoms. The molecule has 1 aromatic carbocycles. The van der Waals surface area contributed by atoms with Crippen molar-refractivity contribution in [1.82, 2.24) is 5.32 Å². The third-order valence-corrected chi connectivity index (χ3v) is 5.21. The lowest BCUT2D eigenvalue weighted by atomic mass is 9.79. The molecule has 6 heteroatoms. The van der Waals surface area contributed by atoms with Gasteiger partial charge < -0.3 is 10.4 Å². The van der Waals surface area contributed by atoms with Crippen LogP contribution in [0.1, 0.15) is 48.9 Å². The zero-order chi connectivity index (χ0) is 15.5. The lowest BCUT2D eigenvalue weighted by molar-refractivity contribution is -0.139. The van der Waals surface area contributed by atoms with Crippen molar-refractivity contribution < 1.29 is 14.7 Å². The molecule has 1 fully saturated rings. The number of halogens is 2. The molecule has 1 aromatic rings. The Bertz CT molecular complexity index is 556. The number of aliphatic carboxylic acids is 1. The summed E-state index contributed by atoms with van der Waals surface area (Å²) < 4.78 is 1.69. The zero-order valence-corrected chi connectivity index (χ0v) is 15.2. The van der Waals surface area contributed by atoms with Crippen molar-refractivity contribution in [1.29, 1.82) is 0 Å². The van der Waals surface area contributed by atoms with Gasteiger partial charge >= 0.3 is 5.97 Å². The molecule has 0 unspecified atom stereocenters. The normalized spacial score (nSPS) is 17.2. The maximum Gasteiger partial charge on any atom is 0.305 e. The van der Waals surface area contributed by atoms with Gasteiger partial charge in [0.2, 0.25) is 0 Å². The van der Waals surface area contributed by atoms with Crippen molar-refractivity contribution in [3.05, 3.63) is 31.8 Å². The van der Waals surface area contributed by atoms with E-state index < -0.39 is 11.5 Å². The van der Waals surface area contributed by atoms with Crippen molar-refractivity contribution in [3.63, 3.8) is 0 Å². The molecule has 0 aromatic heterocycles. The molecule has 0 aliphatic heterocycles. The van der Waals surface area contributed by atoms with Crippen LogP contribution in [0.15, 0.2) is 22.7 Å². The van der Waals surface area contributed by atoms with E-state index in [-0.39, 0.29) is 12.3 Å². The van der Waals surface area contributed by atoms with Gasteiger partial charge in [0, 0.05) is 8.04 Å². The summed E-state index contributed by atoms with van der Waals surface area (Å²) in [5.74, 6) is -1.07. The molecule has 0 saturated heterocycles. The zero-order valence-electron chi connectivity index (χ0n) is 11.5. The number of hydrogen-bond acceptors (Lipinski definition) is 2. The predicted octanol–water partition coefficient (Wildman–Crippen LogP) is 3.96. The first-order valence-electron chi connectivity index (χ1n) is 6.91. The highest BCUT2D eigenvalue weighted by Crippen LogP contribution is 2.32. The van der Waals surface area contributed by atoms with Crippen LogP contribution in [0.5, 0.6) is 0 Å². The second kappa shape index (κ2) is 7.09. The molecule has 0 radical (unpaired) electrons. The third kappa shape index (κ3) is 4.42. The van der Waals surface area contributed by atoms with Gasteiger partial charge in [-0.25, -0.2) is 0 Å². The van der Waals surface area contributed by atoms with Crippen LogP contribution >= 0.6 is 38.5 Å². The Morgan fingerprint density at radius 3 is 2.57 bits per heavy atom. The molecule has 21 heavy (non-hydrogen) atoms. The van der Waals surface area contributed by atoms with Crippen LogP contribution in [0.25, 0.3) is 0 Å². The Hall–Kier alpha value is -0.630. The van der Waals surface area contributed by atoms with Crippen LogP contribution in [-0.4, -0.2) is 22.5 Å². The fourth-order valence-electron chi connectivity index (χ4n) is 2.84. The number of carbonyl (C=O) groups excluding carboxylic acids is 1. The number of carboxylic acid groups (broad SMARTS) is 1. The molecule has 0 atom stereocenters. The molecule has 4 nitrogen and oxygen atoms in total. The quantitative estimate of drug-likeness (QED) is 0.661. The molecule has 1 aliphatic carbocycles. The number of carbonyl (C=O) groups is 2. The maximum atomic E-state index is 12.5. The Balaban J connectivity index is 2.21. The van der Waals surface area contributed by atoms with Gasteiger partial charge in [0.15, 0.2) is 0 Å². The Morgan fingerprint density at radius 1 is 1.29 bits per heavy atom. The van der Waals surface area contributed by atoms with Gasteiger partial charge in [-0.2, -0.15) is 0 Å². The summed E-state index contributed by atoms with van der Waals surface area (Å²) in [5.41, 5.74) is -0.0562. The van der Waals surface area contributed by atoms with Gasteiger partial charge in [-0.05, 0) is 69.6 Å². The molecule has 0 spiro atoms. The van der Waals surface area contributed by atoms with Gasteiger partial charge in [-0.1, -0.05) is 19.3 Å². The molecular weight excluding hydrogens is 449 g/mol. The van der Waals surface area contributed by atoms with E-state index in [4.69, 9.17) is 5.11 Å². The Morgan fingerprint density at radius 2 is 1.95 bits per heavy atom. The van der Waals surface area contributed by atoms with E-state index in [0.29, 0.717) is 5.56 Å². The van der Waals surface area contributed by atoms with Gasteiger partial charge in [0.25, 0.3) is 5.91 Å². The SMILES string of the molecule is O=C(O)CC1(NC(=O)c2cc(I)ccc2Br)CCCCC1. The van der Waals surface area contributed by atoms with Gasteiger partial charge in [-0.15, -0.1) is 0 Å². The van der Waals surface area contributed by atoms with Crippen molar-refractivity contribution in [2.75, 3.05) is 0 Å². The van der Waals surface area contributed by atoms with Gasteiger partial charge in [0.1, 0.15) is 0 Å². The van der Waals surface area contributed by atoms with Crippen LogP contribution in [0.3, 0.4) is 0 Å². The molecular formula is C15H17BrINO3. The van der Waals surface area contributed by atoms with Crippen LogP contribution in [0.2, 0.25) is 0 Å². The first kappa shape index (κ1) is 16.7. The van der Waals surface area contributed by atoms with Gasteiger partial charge in [-0.3, -0.25) is 9.59 Å². The van der Waals surface area contributed by atoms with Crippen LogP contribution < -0.4 is 5.32 Å². The van der Waals surface area contributed by atoms with Crippen molar-refractivity contribution in [2.45, 2.75) is 44.1 Å². The Labute approximate surface area is 146 Å². The summed E-state index contributed by atoms with van der Waals surface area (Å²) >= 11 is 5.54. The summed E-state index contributed by atoms with van der Waals surface area (Å²) in [6.45, 7) is 0. The van der Waals surface area contributed by atoms with E-state index >= 15 is 0 Å². The molecule has 1 amide bonds. The van der Waals surface area contributed by atoms with Gasteiger partial charge in [0.05, 0.1) is 17.5 Å². The highest BCUT2D eigenvalue weighted by atomic mass is 127. The lowest BCUT2D eigenvalue weighted by Crippen LogP contribution is -2.51. The topological polar surface area (TPSA) is 66.4 Å². The third-order valence-electron chi connectivity index (χ3n) is 3.85. The summed E-state index contributed by atoms with van der Waals surface area (Å²) in [6, 6.07) is 5.55. The first-order valence-corrected chi connectivity index (χ1v) is 8.78. The highest BCUT2D eigenvalue weighted by Gasteiger charge is 2.36. The monoisotopic (exact) mass is 465 g/mol. The molecule has 1 aliphatic rings. The molecule has 2 rings (SSSR count). The molecule has 0 heterocycles. The molecule has 1 saturated carbocycles. The second-order valence-electron chi connectivity index (χ2n) is 5.49. The highest BCUT2D eigenvalue weighted by molar-refractivity contribution is 14.1. The first-order chi connectivity index (χ1) is 9.92. The fraction of sp³-hybridized carbons (Fsp3) is 0.467. The van der Waals surface area contributed by atoms with Crippen LogP contribution in [0, 0.1) is 3.57 Å². The average molecular weight is 466 g/mol. The standard InChI is InChI=1S/C15H17BrINO3/c16-12-5-4-10(17)8-11(12)14(21)18-15(9-13(19)20)6-2-1-3-7-15/h4-5,8H,1-3,6-7,9H2,(H,18,21)(H,19,20). The minimum Gasteiger partial charge on any atom is -0.481 e. The number of nitrogens with one attached hydrogen (secondary N) is 1. The maximum absolute atomic E-state index is 12.5. The number of amides is 1. The van der Waals surface area contributed by atoms with E-state index in [1.54, 1.807) is 6.07 Å². The van der Waals surface area contributed by atoms with Crippen molar-refractivity contribution >= 4 is 50.4 Å². The summed E-state index contributed by atoms with van der Waals surface area (Å²) in [4.78, 5) is 23.7. The minimum absolute atomic E-state index is 0.0136. The lowest BCUT2D eigenvalue weighted by Gasteiger charge is -2.37. The van der Waals surface area contributed by atoms with E-state index in [2.05, 4.69) is 43.8 Å². The van der Waals surface area contributed by atoms with Crippen molar-refractivity contribution in [2.24, 2.45) is 0 Å². The summed E-state index contributed by atoms with van der Waals surface area (Å²) in [6.07, 6.45) is 4.46. The van der Waals surface area contributed by atoms with Crippen LogP contribution in [-0.2, 0) is 4.79 Å². The van der Waals surface area contributed by atoms with E-state index in [1.807, 2.05) is 12.1 Å². The number of benzene rings is 1. The van der Waals surface area contributed by atoms with E-state index in [1.165, 1.54) is 0 Å². The van der Waals surface area contributed by atoms with E-state index in [0.717, 1.165) is 40.1 Å². The summed E-state index contributed by atoms with van der Waals surface area (Å²) in [7, 11) is 0. The molecule has 114 valence electrons. The minimum atomic E-state index is -0.862. The van der Waals surface area contributed by atoms with E-state index in [9.17, 15) is 9.59 Å². The number of carboxylic acids is 1. The second-order valence-corrected chi connectivity index (χ2v) is 7.59. The smallest absolute Gasteiger partial charge is 0.305 e. The number of hydrogen-bond donors (Lipinski definition) is 2. The van der Waals surface area contributed by atoms with Crippen molar-refractivity contribution in [3.8, 4) is 0 Å². The summed E-state index contributed by atoms with van der Waals surface area (Å²) in [5, 5.41) is 12.1. The largest absolute Gasteiger partial charge is 0.481 e.